The number of aromatic nitrogens is 2. The average molecular weight is 299 g/mol. The third-order valence-electron chi connectivity index (χ3n) is 2.96. The molecule has 7 nitrogen and oxygen atoms in total. The molecule has 20 heavy (non-hydrogen) atoms. The van der Waals surface area contributed by atoms with Crippen molar-refractivity contribution in [2.24, 2.45) is 0 Å². The van der Waals surface area contributed by atoms with Crippen LogP contribution in [0.5, 0.6) is 0 Å². The van der Waals surface area contributed by atoms with Gasteiger partial charge in [-0.1, -0.05) is 17.5 Å². The summed E-state index contributed by atoms with van der Waals surface area (Å²) in [5.74, 6) is 1.38. The average Bonchev–Trinajstić information content (AvgIpc) is 2.63. The number of terminal acetylenes is 1. The van der Waals surface area contributed by atoms with Gasteiger partial charge in [0.15, 0.2) is 11.5 Å². The fraction of sp³-hybridized carbons (Fsp3) is 0.333. The number of nitrogens with one attached hydrogen (secondary N) is 1. The molecular formula is C12H11ClN2O5. The van der Waals surface area contributed by atoms with Crippen LogP contribution in [0.2, 0.25) is 0 Å². The maximum Gasteiger partial charge on any atom is 0.331 e. The molecule has 0 aliphatic carbocycles. The third-order valence-corrected chi connectivity index (χ3v) is 3.43. The predicted octanol–water partition coefficient (Wildman–Crippen LogP) is -0.253. The van der Waals surface area contributed by atoms with Crippen molar-refractivity contribution in [3.63, 3.8) is 0 Å². The lowest BCUT2D eigenvalue weighted by Gasteiger charge is -2.25. The number of aliphatic hydroxyl groups excluding tert-OH is 2. The van der Waals surface area contributed by atoms with Crippen LogP contribution in [0.4, 0.5) is 0 Å². The van der Waals surface area contributed by atoms with E-state index >= 15 is 0 Å². The Morgan fingerprint density at radius 2 is 2.30 bits per heavy atom. The summed E-state index contributed by atoms with van der Waals surface area (Å²) in [6, 6.07) is 1.16. The molecule has 0 saturated heterocycles. The zero-order valence-electron chi connectivity index (χ0n) is 10.4. The molecule has 0 fully saturated rings. The third kappa shape index (κ3) is 1.90. The summed E-state index contributed by atoms with van der Waals surface area (Å²) in [7, 11) is 0. The van der Waals surface area contributed by atoms with Crippen LogP contribution >= 0.6 is 11.6 Å². The predicted molar refractivity (Wildman–Crippen MR) is 70.3 cm³/mol. The van der Waals surface area contributed by atoms with Gasteiger partial charge < -0.3 is 14.9 Å². The van der Waals surface area contributed by atoms with Gasteiger partial charge in [0.25, 0.3) is 5.56 Å². The highest BCUT2D eigenvalue weighted by Crippen LogP contribution is 2.44. The van der Waals surface area contributed by atoms with Crippen LogP contribution in [0, 0.1) is 19.3 Å². The summed E-state index contributed by atoms with van der Waals surface area (Å²) in [6.45, 7) is 0.859. The molecule has 0 radical (unpaired) electrons. The summed E-state index contributed by atoms with van der Waals surface area (Å²) in [6.07, 6.45) is 4.03. The standard InChI is InChI=1S/C12H11ClN2O5/c1-3-12(13)9(18)7(5-16)20-10(12)15-6(2)4-8(17)14-11(15)19/h1,4,10,16,18H,5H2,2H3,(H,14,17,19)/t10-,12?/m1/s1. The number of aryl methyl sites for hydroxylation is 1. The molecule has 8 heteroatoms. The Morgan fingerprint density at radius 1 is 1.65 bits per heavy atom. The topological polar surface area (TPSA) is 105 Å². The maximum atomic E-state index is 11.9. The number of halogens is 1. The minimum Gasteiger partial charge on any atom is -0.506 e. The molecule has 0 aromatic carbocycles. The van der Waals surface area contributed by atoms with Gasteiger partial charge in [-0.3, -0.25) is 14.3 Å². The second kappa shape index (κ2) is 4.74. The smallest absolute Gasteiger partial charge is 0.331 e. The molecule has 106 valence electrons. The SMILES string of the molecule is C#CC1(Cl)C(O)=C(CO)O[C@H]1n1c(C)cc(=O)[nH]c1=O. The number of H-pyrrole nitrogens is 1. The van der Waals surface area contributed by atoms with Crippen LogP contribution < -0.4 is 11.2 Å². The fourth-order valence-corrected chi connectivity index (χ4v) is 2.23. The molecule has 1 aliphatic rings. The molecule has 2 atom stereocenters. The number of aromatic amines is 1. The molecule has 0 amide bonds. The molecule has 1 aliphatic heterocycles. The molecular weight excluding hydrogens is 288 g/mol. The normalized spacial score (nSPS) is 25.4. The minimum absolute atomic E-state index is 0.222. The summed E-state index contributed by atoms with van der Waals surface area (Å²) in [5, 5.41) is 19.0. The van der Waals surface area contributed by atoms with Crippen LogP contribution in [-0.2, 0) is 4.74 Å². The van der Waals surface area contributed by atoms with Gasteiger partial charge in [0.1, 0.15) is 6.61 Å². The van der Waals surface area contributed by atoms with E-state index in [1.165, 1.54) is 6.92 Å². The summed E-state index contributed by atoms with van der Waals surface area (Å²) in [5.41, 5.74) is -1.12. The zero-order valence-corrected chi connectivity index (χ0v) is 11.1. The van der Waals surface area contributed by atoms with E-state index in [1.807, 2.05) is 4.98 Å². The van der Waals surface area contributed by atoms with Crippen LogP contribution in [0.3, 0.4) is 0 Å². The molecule has 1 unspecified atom stereocenters. The number of ether oxygens (including phenoxy) is 1. The Hall–Kier alpha value is -2.17. The summed E-state index contributed by atoms with van der Waals surface area (Å²) >= 11 is 6.13. The molecule has 3 N–H and O–H groups in total. The molecule has 2 rings (SSSR count). The Morgan fingerprint density at radius 3 is 2.80 bits per heavy atom. The summed E-state index contributed by atoms with van der Waals surface area (Å²) in [4.78, 5) is 23.3. The molecule has 2 heterocycles. The van der Waals surface area contributed by atoms with Crippen molar-refractivity contribution in [3.8, 4) is 12.3 Å². The second-order valence-corrected chi connectivity index (χ2v) is 4.80. The lowest BCUT2D eigenvalue weighted by Crippen LogP contribution is -2.41. The van der Waals surface area contributed by atoms with Gasteiger partial charge >= 0.3 is 5.69 Å². The number of nitrogens with zero attached hydrogens (tertiary/aromatic N) is 1. The van der Waals surface area contributed by atoms with Crippen LogP contribution in [0.1, 0.15) is 11.9 Å². The van der Waals surface area contributed by atoms with Crippen molar-refractivity contribution in [3.05, 3.63) is 44.1 Å². The largest absolute Gasteiger partial charge is 0.506 e. The molecule has 1 aromatic rings. The number of hydrogen-bond acceptors (Lipinski definition) is 5. The van der Waals surface area contributed by atoms with Gasteiger partial charge in [0.2, 0.25) is 11.1 Å². The number of aliphatic hydroxyl groups is 2. The summed E-state index contributed by atoms with van der Waals surface area (Å²) < 4.78 is 6.27. The quantitative estimate of drug-likeness (QED) is 0.516. The highest BCUT2D eigenvalue weighted by molar-refractivity contribution is 6.28. The first kappa shape index (κ1) is 14.2. The van der Waals surface area contributed by atoms with E-state index < -0.39 is 34.7 Å². The lowest BCUT2D eigenvalue weighted by molar-refractivity contribution is 0.0486. The second-order valence-electron chi connectivity index (χ2n) is 4.21. The van der Waals surface area contributed by atoms with Crippen molar-refractivity contribution in [1.82, 2.24) is 9.55 Å². The number of alkyl halides is 1. The first-order chi connectivity index (χ1) is 9.35. The van der Waals surface area contributed by atoms with Crippen molar-refractivity contribution in [2.75, 3.05) is 6.61 Å². The van der Waals surface area contributed by atoms with Gasteiger partial charge in [-0.05, 0) is 6.92 Å². The Kier molecular flexibility index (Phi) is 3.38. The van der Waals surface area contributed by atoms with E-state index in [-0.39, 0.29) is 11.5 Å². The van der Waals surface area contributed by atoms with E-state index in [0.29, 0.717) is 0 Å². The first-order valence-electron chi connectivity index (χ1n) is 5.54. The van der Waals surface area contributed by atoms with Crippen LogP contribution in [0.25, 0.3) is 0 Å². The first-order valence-corrected chi connectivity index (χ1v) is 5.92. The number of rotatable bonds is 2. The van der Waals surface area contributed by atoms with E-state index in [0.717, 1.165) is 10.6 Å². The fourth-order valence-electron chi connectivity index (χ4n) is 1.99. The highest BCUT2D eigenvalue weighted by atomic mass is 35.5. The number of hydrogen-bond donors (Lipinski definition) is 3. The lowest BCUT2D eigenvalue weighted by atomic mass is 10.1. The minimum atomic E-state index is -1.84. The van der Waals surface area contributed by atoms with E-state index in [1.54, 1.807) is 0 Å². The molecule has 0 spiro atoms. The van der Waals surface area contributed by atoms with Crippen molar-refractivity contribution in [1.29, 1.82) is 0 Å². The molecule has 1 aromatic heterocycles. The molecule has 0 bridgehead atoms. The molecule has 0 saturated carbocycles. The maximum absolute atomic E-state index is 11.9. The van der Waals surface area contributed by atoms with Gasteiger partial charge in [0, 0.05) is 11.8 Å². The Bertz CT molecular complexity index is 741. The zero-order chi connectivity index (χ0) is 15.1. The monoisotopic (exact) mass is 298 g/mol. The highest BCUT2D eigenvalue weighted by Gasteiger charge is 2.51. The van der Waals surface area contributed by atoms with E-state index in [2.05, 4.69) is 5.92 Å². The van der Waals surface area contributed by atoms with E-state index in [9.17, 15) is 14.7 Å². The van der Waals surface area contributed by atoms with Crippen molar-refractivity contribution in [2.45, 2.75) is 18.0 Å². The van der Waals surface area contributed by atoms with Crippen LogP contribution in [0.15, 0.2) is 27.2 Å². The van der Waals surface area contributed by atoms with E-state index in [4.69, 9.17) is 27.9 Å². The van der Waals surface area contributed by atoms with Crippen molar-refractivity contribution < 1.29 is 14.9 Å². The van der Waals surface area contributed by atoms with Crippen molar-refractivity contribution >= 4 is 11.6 Å². The Balaban J connectivity index is 2.65. The van der Waals surface area contributed by atoms with Crippen LogP contribution in [-0.4, -0.2) is 31.2 Å². The Labute approximate surface area is 118 Å². The van der Waals surface area contributed by atoms with Gasteiger partial charge in [-0.2, -0.15) is 0 Å². The van der Waals surface area contributed by atoms with Gasteiger partial charge in [-0.15, -0.1) is 6.42 Å². The van der Waals surface area contributed by atoms with Gasteiger partial charge in [-0.25, -0.2) is 4.79 Å². The van der Waals surface area contributed by atoms with Gasteiger partial charge in [0.05, 0.1) is 0 Å².